The molecule has 4 nitrogen and oxygen atoms in total. The molecule has 3 aromatic rings. The quantitative estimate of drug-likeness (QED) is 0.447. The highest BCUT2D eigenvalue weighted by Gasteiger charge is 2.22. The van der Waals surface area contributed by atoms with Gasteiger partial charge in [0.25, 0.3) is 0 Å². The number of hydrogen-bond donors (Lipinski definition) is 1. The van der Waals surface area contributed by atoms with Crippen LogP contribution in [0, 0.1) is 0 Å². The van der Waals surface area contributed by atoms with Crippen molar-refractivity contribution in [2.75, 3.05) is 11.9 Å². The van der Waals surface area contributed by atoms with E-state index in [4.69, 9.17) is 4.74 Å². The Hall–Kier alpha value is -2.44. The summed E-state index contributed by atoms with van der Waals surface area (Å²) in [7, 11) is 0. The Balaban J connectivity index is 1.80. The van der Waals surface area contributed by atoms with Crippen molar-refractivity contribution < 1.29 is 14.3 Å². The van der Waals surface area contributed by atoms with E-state index in [1.807, 2.05) is 60.0 Å². The molecule has 3 rings (SSSR count). The zero-order valence-electron chi connectivity index (χ0n) is 15.4. The van der Waals surface area contributed by atoms with Crippen molar-refractivity contribution in [3.8, 4) is 11.1 Å². The number of amides is 1. The number of rotatable bonds is 7. The molecule has 0 fully saturated rings. The van der Waals surface area contributed by atoms with Crippen LogP contribution in [0.25, 0.3) is 11.1 Å². The third-order valence-corrected chi connectivity index (χ3v) is 5.59. The van der Waals surface area contributed by atoms with Crippen molar-refractivity contribution in [2.45, 2.75) is 19.8 Å². The number of hydrogen-bond acceptors (Lipinski definition) is 4. The summed E-state index contributed by atoms with van der Waals surface area (Å²) in [5, 5.41) is 5.29. The van der Waals surface area contributed by atoms with Gasteiger partial charge in [0.05, 0.1) is 6.61 Å². The van der Waals surface area contributed by atoms with Gasteiger partial charge in [-0.05, 0) is 36.6 Å². The van der Waals surface area contributed by atoms with Gasteiger partial charge in [-0.25, -0.2) is 4.79 Å². The second kappa shape index (κ2) is 9.66. The largest absolute Gasteiger partial charge is 0.462 e. The lowest BCUT2D eigenvalue weighted by Crippen LogP contribution is -2.15. The number of carbonyl (C=O) groups excluding carboxylic acids is 2. The summed E-state index contributed by atoms with van der Waals surface area (Å²) in [5.41, 5.74) is 3.16. The Labute approximate surface area is 176 Å². The van der Waals surface area contributed by atoms with Crippen LogP contribution in [0.15, 0.2) is 64.5 Å². The predicted molar refractivity (Wildman–Crippen MR) is 117 cm³/mol. The third kappa shape index (κ3) is 5.09. The molecule has 1 heterocycles. The molecule has 1 N–H and O–H groups in total. The average Bonchev–Trinajstić information content (AvgIpc) is 3.11. The van der Waals surface area contributed by atoms with Gasteiger partial charge in [-0.1, -0.05) is 58.4 Å². The Morgan fingerprint density at radius 1 is 1.07 bits per heavy atom. The summed E-state index contributed by atoms with van der Waals surface area (Å²) < 4.78 is 6.19. The molecule has 0 aliphatic heterocycles. The maximum atomic E-state index is 12.6. The van der Waals surface area contributed by atoms with Crippen molar-refractivity contribution in [3.05, 3.63) is 75.6 Å². The van der Waals surface area contributed by atoms with E-state index in [2.05, 4.69) is 21.2 Å². The molecule has 0 saturated heterocycles. The van der Waals surface area contributed by atoms with Crippen LogP contribution in [-0.2, 0) is 16.0 Å². The highest BCUT2D eigenvalue weighted by molar-refractivity contribution is 9.10. The normalized spacial score (nSPS) is 10.5. The first kappa shape index (κ1) is 20.3. The van der Waals surface area contributed by atoms with E-state index in [9.17, 15) is 9.59 Å². The van der Waals surface area contributed by atoms with Crippen molar-refractivity contribution in [1.82, 2.24) is 0 Å². The number of carbonyl (C=O) groups is 2. The van der Waals surface area contributed by atoms with Crippen LogP contribution < -0.4 is 5.32 Å². The van der Waals surface area contributed by atoms with E-state index < -0.39 is 5.97 Å². The molecule has 0 aliphatic carbocycles. The molecule has 0 aliphatic rings. The Morgan fingerprint density at radius 3 is 2.46 bits per heavy atom. The highest BCUT2D eigenvalue weighted by Crippen LogP contribution is 2.36. The molecular formula is C22H20BrNO3S. The van der Waals surface area contributed by atoms with Gasteiger partial charge >= 0.3 is 5.97 Å². The number of anilines is 1. The number of thiophene rings is 1. The van der Waals surface area contributed by atoms with E-state index in [0.717, 1.165) is 21.2 Å². The molecule has 6 heteroatoms. The summed E-state index contributed by atoms with van der Waals surface area (Å²) in [5.74, 6) is -0.557. The van der Waals surface area contributed by atoms with Crippen LogP contribution in [0.1, 0.15) is 29.3 Å². The number of benzene rings is 2. The SMILES string of the molecule is CCOC(=O)c1c(-c2ccc(Br)cc2)csc1NC(=O)CCc1ccccc1. The second-order valence-corrected chi connectivity index (χ2v) is 7.91. The fourth-order valence-electron chi connectivity index (χ4n) is 2.79. The number of aryl methyl sites for hydroxylation is 1. The standard InChI is InChI=1S/C22H20BrNO3S/c1-2-27-22(26)20-18(16-9-11-17(23)12-10-16)14-28-21(20)24-19(25)13-8-15-6-4-3-5-7-15/h3-7,9-12,14H,2,8,13H2,1H3,(H,24,25). The molecule has 0 bridgehead atoms. The van der Waals surface area contributed by atoms with Crippen LogP contribution in [0.3, 0.4) is 0 Å². The van der Waals surface area contributed by atoms with Crippen molar-refractivity contribution in [2.24, 2.45) is 0 Å². The zero-order valence-corrected chi connectivity index (χ0v) is 17.8. The number of nitrogens with one attached hydrogen (secondary N) is 1. The lowest BCUT2D eigenvalue weighted by Gasteiger charge is -2.09. The highest BCUT2D eigenvalue weighted by atomic mass is 79.9. The minimum absolute atomic E-state index is 0.126. The topological polar surface area (TPSA) is 55.4 Å². The van der Waals surface area contributed by atoms with Crippen LogP contribution in [0.4, 0.5) is 5.00 Å². The summed E-state index contributed by atoms with van der Waals surface area (Å²) >= 11 is 4.75. The molecule has 0 unspecified atom stereocenters. The van der Waals surface area contributed by atoms with Crippen LogP contribution in [0.5, 0.6) is 0 Å². The lowest BCUT2D eigenvalue weighted by atomic mass is 10.0. The minimum atomic E-state index is -0.431. The van der Waals surface area contributed by atoms with Crippen LogP contribution in [0.2, 0.25) is 0 Å². The molecule has 0 saturated carbocycles. The monoisotopic (exact) mass is 457 g/mol. The maximum absolute atomic E-state index is 12.6. The fraction of sp³-hybridized carbons (Fsp3) is 0.182. The van der Waals surface area contributed by atoms with Gasteiger partial charge in [0, 0.05) is 21.8 Å². The molecule has 0 atom stereocenters. The average molecular weight is 458 g/mol. The first-order chi connectivity index (χ1) is 13.6. The van der Waals surface area contributed by atoms with E-state index in [1.165, 1.54) is 11.3 Å². The van der Waals surface area contributed by atoms with Crippen molar-refractivity contribution in [3.63, 3.8) is 0 Å². The fourth-order valence-corrected chi connectivity index (χ4v) is 4.03. The summed E-state index contributed by atoms with van der Waals surface area (Å²) in [4.78, 5) is 25.0. The summed E-state index contributed by atoms with van der Waals surface area (Å²) in [6, 6.07) is 17.5. The molecule has 144 valence electrons. The van der Waals surface area contributed by atoms with Gasteiger partial charge in [-0.2, -0.15) is 0 Å². The van der Waals surface area contributed by atoms with Gasteiger partial charge in [0.2, 0.25) is 5.91 Å². The van der Waals surface area contributed by atoms with Gasteiger partial charge in [-0.3, -0.25) is 4.79 Å². The van der Waals surface area contributed by atoms with Crippen LogP contribution in [-0.4, -0.2) is 18.5 Å². The third-order valence-electron chi connectivity index (χ3n) is 4.16. The predicted octanol–water partition coefficient (Wildman–Crippen LogP) is 5.93. The van der Waals surface area contributed by atoms with E-state index in [1.54, 1.807) is 6.92 Å². The maximum Gasteiger partial charge on any atom is 0.341 e. The first-order valence-electron chi connectivity index (χ1n) is 8.96. The Kier molecular flexibility index (Phi) is 7.01. The van der Waals surface area contributed by atoms with E-state index in [-0.39, 0.29) is 12.5 Å². The molecule has 0 spiro atoms. The first-order valence-corrected chi connectivity index (χ1v) is 10.6. The number of halogens is 1. The smallest absolute Gasteiger partial charge is 0.341 e. The zero-order chi connectivity index (χ0) is 19.9. The molecule has 2 aromatic carbocycles. The molecule has 28 heavy (non-hydrogen) atoms. The van der Waals surface area contributed by atoms with Gasteiger partial charge in [0.1, 0.15) is 10.6 Å². The van der Waals surface area contributed by atoms with Crippen molar-refractivity contribution in [1.29, 1.82) is 0 Å². The Morgan fingerprint density at radius 2 is 1.79 bits per heavy atom. The minimum Gasteiger partial charge on any atom is -0.462 e. The van der Waals surface area contributed by atoms with E-state index in [0.29, 0.717) is 23.4 Å². The molecule has 1 aromatic heterocycles. The van der Waals surface area contributed by atoms with Crippen LogP contribution >= 0.6 is 27.3 Å². The Bertz CT molecular complexity index is 952. The molecule has 0 radical (unpaired) electrons. The molecule has 1 amide bonds. The number of esters is 1. The molecular weight excluding hydrogens is 438 g/mol. The lowest BCUT2D eigenvalue weighted by molar-refractivity contribution is -0.116. The summed E-state index contributed by atoms with van der Waals surface area (Å²) in [6.07, 6.45) is 0.990. The van der Waals surface area contributed by atoms with Crippen molar-refractivity contribution >= 4 is 44.1 Å². The van der Waals surface area contributed by atoms with Gasteiger partial charge in [0.15, 0.2) is 0 Å². The van der Waals surface area contributed by atoms with Gasteiger partial charge in [-0.15, -0.1) is 11.3 Å². The summed E-state index contributed by atoms with van der Waals surface area (Å²) in [6.45, 7) is 2.04. The van der Waals surface area contributed by atoms with Gasteiger partial charge < -0.3 is 10.1 Å². The second-order valence-electron chi connectivity index (χ2n) is 6.11. The number of ether oxygens (including phenoxy) is 1. The van der Waals surface area contributed by atoms with E-state index >= 15 is 0 Å².